The van der Waals surface area contributed by atoms with Crippen molar-refractivity contribution in [2.45, 2.75) is 69.2 Å². The molecule has 3 aliphatic heterocycles. The lowest BCUT2D eigenvalue weighted by atomic mass is 9.70. The fraction of sp³-hybridized carbons (Fsp3) is 0.654. The van der Waals surface area contributed by atoms with Gasteiger partial charge in [-0.05, 0) is 57.9 Å². The topological polar surface area (TPSA) is 108 Å². The van der Waals surface area contributed by atoms with Gasteiger partial charge < -0.3 is 29.7 Å². The smallest absolute Gasteiger partial charge is 0.312 e. The Bertz CT molecular complexity index is 982. The van der Waals surface area contributed by atoms with Gasteiger partial charge in [0.25, 0.3) is 0 Å². The molecule has 1 spiro atoms. The normalized spacial score (nSPS) is 31.3. The highest BCUT2D eigenvalue weighted by atomic mass is 79.9. The van der Waals surface area contributed by atoms with Crippen molar-refractivity contribution in [1.29, 1.82) is 0 Å². The van der Waals surface area contributed by atoms with E-state index in [1.54, 1.807) is 6.92 Å². The quantitative estimate of drug-likeness (QED) is 0.331. The van der Waals surface area contributed by atoms with E-state index in [1.807, 2.05) is 31.2 Å². The summed E-state index contributed by atoms with van der Waals surface area (Å²) >= 11 is 3.63. The van der Waals surface area contributed by atoms with Gasteiger partial charge >= 0.3 is 5.97 Å². The van der Waals surface area contributed by atoms with Gasteiger partial charge in [-0.15, -0.1) is 0 Å². The Morgan fingerprint density at radius 2 is 1.92 bits per heavy atom. The highest BCUT2D eigenvalue weighted by Gasteiger charge is 2.77. The van der Waals surface area contributed by atoms with Crippen LogP contribution >= 0.6 is 15.9 Å². The number of nitrogens with one attached hydrogen (secondary N) is 1. The number of fused-ring (bicyclic) bond motifs is 1. The summed E-state index contributed by atoms with van der Waals surface area (Å²) in [5, 5.41) is 13.1. The lowest BCUT2D eigenvalue weighted by Gasteiger charge is -2.36. The van der Waals surface area contributed by atoms with E-state index in [4.69, 9.17) is 9.47 Å². The molecule has 1 unspecified atom stereocenters. The van der Waals surface area contributed by atoms with E-state index in [1.165, 1.54) is 4.90 Å². The second-order valence-electron chi connectivity index (χ2n) is 9.61. The number of anilines is 2. The van der Waals surface area contributed by atoms with E-state index in [0.717, 1.165) is 18.8 Å². The zero-order valence-corrected chi connectivity index (χ0v) is 22.9. The number of halogens is 1. The molecule has 2 bridgehead atoms. The van der Waals surface area contributed by atoms with Gasteiger partial charge in [0, 0.05) is 29.3 Å². The number of likely N-dealkylation sites (tertiary alicyclic amines) is 1. The average Bonchev–Trinajstić information content (AvgIpc) is 3.45. The number of carbonyl (C=O) groups is 3. The first kappa shape index (κ1) is 26.9. The van der Waals surface area contributed by atoms with Crippen LogP contribution in [0.25, 0.3) is 0 Å². The molecule has 9 nitrogen and oxygen atoms in total. The SMILES string of the molecule is CCOC(=O)[C@H]1[C@@H]2O[C@@]3(CC2Br)[C@@H]1C(=O)N([C@@H](CC)CO)[C@@H]3C(=O)Nc1ccc(N(CC)CC)cc1. The van der Waals surface area contributed by atoms with Crippen LogP contribution in [0.1, 0.15) is 40.5 Å². The zero-order chi connectivity index (χ0) is 26.2. The molecule has 2 N–H and O–H groups in total. The molecule has 3 fully saturated rings. The van der Waals surface area contributed by atoms with E-state index in [0.29, 0.717) is 18.5 Å². The minimum Gasteiger partial charge on any atom is -0.466 e. The van der Waals surface area contributed by atoms with Crippen LogP contribution in [0, 0.1) is 11.8 Å². The van der Waals surface area contributed by atoms with Gasteiger partial charge in [0.05, 0.1) is 37.2 Å². The van der Waals surface area contributed by atoms with Gasteiger partial charge in [-0.3, -0.25) is 14.4 Å². The van der Waals surface area contributed by atoms with Crippen molar-refractivity contribution in [3.05, 3.63) is 24.3 Å². The lowest BCUT2D eigenvalue weighted by molar-refractivity contribution is -0.155. The number of carbonyl (C=O) groups excluding carboxylic acids is 3. The molecule has 198 valence electrons. The number of hydrogen-bond acceptors (Lipinski definition) is 7. The van der Waals surface area contributed by atoms with E-state index in [-0.39, 0.29) is 23.9 Å². The van der Waals surface area contributed by atoms with Gasteiger partial charge in [-0.1, -0.05) is 22.9 Å². The van der Waals surface area contributed by atoms with Crippen molar-refractivity contribution in [3.63, 3.8) is 0 Å². The third-order valence-corrected chi connectivity index (χ3v) is 8.72. The molecule has 7 atom stereocenters. The standard InChI is InChI=1S/C26H36BrN3O6/c1-5-16(14-31)30-22(23(32)28-15-9-11-17(12-10-15)29(6-2)7-3)26-13-18(27)21(36-26)19(20(26)24(30)33)25(34)35-8-4/h9-12,16,18-22,31H,5-8,13-14H2,1-4H3,(H,28,32)/t16-,18?,19+,20-,21+,22+,26-/m0/s1. The molecule has 4 rings (SSSR count). The molecule has 0 aromatic heterocycles. The average molecular weight is 566 g/mol. The first-order valence-electron chi connectivity index (χ1n) is 12.8. The van der Waals surface area contributed by atoms with E-state index in [2.05, 4.69) is 40.0 Å². The number of nitrogens with zero attached hydrogens (tertiary/aromatic N) is 2. The van der Waals surface area contributed by atoms with Gasteiger partial charge in [-0.25, -0.2) is 0 Å². The number of alkyl halides is 1. The number of aliphatic hydroxyl groups excluding tert-OH is 1. The van der Waals surface area contributed by atoms with Gasteiger partial charge in [0.15, 0.2) is 0 Å². The first-order chi connectivity index (χ1) is 17.3. The minimum atomic E-state index is -1.18. The Morgan fingerprint density at radius 1 is 1.25 bits per heavy atom. The zero-order valence-electron chi connectivity index (χ0n) is 21.3. The van der Waals surface area contributed by atoms with E-state index in [9.17, 15) is 19.5 Å². The Labute approximate surface area is 220 Å². The molecule has 3 saturated heterocycles. The van der Waals surface area contributed by atoms with Crippen LogP contribution < -0.4 is 10.2 Å². The van der Waals surface area contributed by atoms with Crippen molar-refractivity contribution in [3.8, 4) is 0 Å². The van der Waals surface area contributed by atoms with Gasteiger partial charge in [0.2, 0.25) is 11.8 Å². The molecular weight excluding hydrogens is 530 g/mol. The van der Waals surface area contributed by atoms with Crippen LogP contribution in [0.4, 0.5) is 11.4 Å². The van der Waals surface area contributed by atoms with Crippen LogP contribution in [0.15, 0.2) is 24.3 Å². The van der Waals surface area contributed by atoms with Crippen molar-refractivity contribution in [2.24, 2.45) is 11.8 Å². The second kappa shape index (κ2) is 10.7. The van der Waals surface area contributed by atoms with Crippen molar-refractivity contribution < 1.29 is 29.0 Å². The largest absolute Gasteiger partial charge is 0.466 e. The number of ether oxygens (including phenoxy) is 2. The van der Waals surface area contributed by atoms with Gasteiger partial charge in [-0.2, -0.15) is 0 Å². The number of amides is 2. The summed E-state index contributed by atoms with van der Waals surface area (Å²) in [6.07, 6.45) is 0.304. The highest BCUT2D eigenvalue weighted by Crippen LogP contribution is 2.60. The van der Waals surface area contributed by atoms with Crippen LogP contribution in [0.3, 0.4) is 0 Å². The number of hydrogen-bond donors (Lipinski definition) is 2. The maximum Gasteiger partial charge on any atom is 0.312 e. The molecule has 36 heavy (non-hydrogen) atoms. The van der Waals surface area contributed by atoms with Crippen molar-refractivity contribution in [2.75, 3.05) is 36.5 Å². The fourth-order valence-corrected chi connectivity index (χ4v) is 7.18. The minimum absolute atomic E-state index is 0.189. The van der Waals surface area contributed by atoms with Crippen molar-refractivity contribution in [1.82, 2.24) is 4.90 Å². The first-order valence-corrected chi connectivity index (χ1v) is 13.8. The molecular formula is C26H36BrN3O6. The predicted molar refractivity (Wildman–Crippen MR) is 139 cm³/mol. The summed E-state index contributed by atoms with van der Waals surface area (Å²) in [4.78, 5) is 44.1. The molecule has 1 aromatic carbocycles. The Balaban J connectivity index is 1.68. The third kappa shape index (κ3) is 4.20. The van der Waals surface area contributed by atoms with E-state index >= 15 is 0 Å². The number of aliphatic hydroxyl groups is 1. The number of rotatable bonds is 10. The Kier molecular flexibility index (Phi) is 7.97. The molecule has 2 amide bonds. The fourth-order valence-electron chi connectivity index (χ4n) is 6.24. The Morgan fingerprint density at radius 3 is 2.47 bits per heavy atom. The molecule has 0 radical (unpaired) electrons. The molecule has 3 aliphatic rings. The molecule has 3 heterocycles. The summed E-state index contributed by atoms with van der Waals surface area (Å²) in [5.74, 6) is -2.86. The third-order valence-electron chi connectivity index (χ3n) is 7.87. The number of benzene rings is 1. The van der Waals surface area contributed by atoms with Crippen molar-refractivity contribution >= 4 is 45.1 Å². The molecule has 0 saturated carbocycles. The van der Waals surface area contributed by atoms with E-state index < -0.39 is 47.5 Å². The summed E-state index contributed by atoms with van der Waals surface area (Å²) in [7, 11) is 0. The summed E-state index contributed by atoms with van der Waals surface area (Å²) in [5.41, 5.74) is 0.476. The highest BCUT2D eigenvalue weighted by molar-refractivity contribution is 9.09. The summed E-state index contributed by atoms with van der Waals surface area (Å²) < 4.78 is 11.7. The molecule has 10 heteroatoms. The number of esters is 1. The van der Waals surface area contributed by atoms with Crippen LogP contribution in [-0.4, -0.2) is 82.7 Å². The second-order valence-corrected chi connectivity index (χ2v) is 10.8. The maximum absolute atomic E-state index is 13.9. The molecule has 1 aromatic rings. The van der Waals surface area contributed by atoms with Crippen LogP contribution in [0.2, 0.25) is 0 Å². The Hall–Kier alpha value is -2.17. The molecule has 0 aliphatic carbocycles. The predicted octanol–water partition coefficient (Wildman–Crippen LogP) is 2.55. The van der Waals surface area contributed by atoms with Gasteiger partial charge in [0.1, 0.15) is 11.6 Å². The van der Waals surface area contributed by atoms with Crippen LogP contribution in [-0.2, 0) is 23.9 Å². The summed E-state index contributed by atoms with van der Waals surface area (Å²) in [6.45, 7) is 9.39. The maximum atomic E-state index is 13.9. The van der Waals surface area contributed by atoms with Crippen LogP contribution in [0.5, 0.6) is 0 Å². The lowest BCUT2D eigenvalue weighted by Crippen LogP contribution is -2.56. The summed E-state index contributed by atoms with van der Waals surface area (Å²) in [6, 6.07) is 6.02. The monoisotopic (exact) mass is 565 g/mol.